The summed E-state index contributed by atoms with van der Waals surface area (Å²) >= 11 is 0. The van der Waals surface area contributed by atoms with E-state index in [1.165, 1.54) is 10.7 Å². The number of carboxylic acids is 1. The van der Waals surface area contributed by atoms with Gasteiger partial charge in [-0.25, -0.2) is 19.4 Å². The van der Waals surface area contributed by atoms with E-state index in [0.717, 1.165) is 24.4 Å². The van der Waals surface area contributed by atoms with Crippen molar-refractivity contribution in [1.29, 1.82) is 0 Å². The van der Waals surface area contributed by atoms with E-state index < -0.39 is 5.97 Å². The summed E-state index contributed by atoms with van der Waals surface area (Å²) in [6, 6.07) is 3.31. The van der Waals surface area contributed by atoms with Crippen LogP contribution in [0.4, 0.5) is 0 Å². The lowest BCUT2D eigenvalue weighted by molar-refractivity contribution is 0.0690. The van der Waals surface area contributed by atoms with Crippen LogP contribution in [0.1, 0.15) is 55.1 Å². The number of hydrogen-bond donors (Lipinski definition) is 1. The van der Waals surface area contributed by atoms with Gasteiger partial charge in [0.05, 0.1) is 0 Å². The largest absolute Gasteiger partial charge is 0.476 e. The van der Waals surface area contributed by atoms with Crippen LogP contribution in [0.15, 0.2) is 18.3 Å². The average Bonchev–Trinajstić information content (AvgIpc) is 2.88. The van der Waals surface area contributed by atoms with Crippen molar-refractivity contribution < 1.29 is 9.90 Å². The lowest BCUT2D eigenvalue weighted by Crippen LogP contribution is -2.08. The third-order valence-corrected chi connectivity index (χ3v) is 2.85. The quantitative estimate of drug-likeness (QED) is 0.905. The molecule has 6 heteroatoms. The number of aryl methyl sites for hydroxylation is 1. The van der Waals surface area contributed by atoms with Crippen LogP contribution in [0.25, 0.3) is 5.82 Å². The van der Waals surface area contributed by atoms with Gasteiger partial charge in [0, 0.05) is 23.9 Å². The van der Waals surface area contributed by atoms with Crippen molar-refractivity contribution in [2.24, 2.45) is 0 Å². The molecule has 0 unspecified atom stereocenters. The SMILES string of the molecule is CCCc1cc(-n2ccc(C(=O)O)n2)nc(C(C)C)n1. The van der Waals surface area contributed by atoms with Crippen LogP contribution in [-0.4, -0.2) is 30.8 Å². The summed E-state index contributed by atoms with van der Waals surface area (Å²) < 4.78 is 1.48. The maximum Gasteiger partial charge on any atom is 0.356 e. The first-order valence-electron chi connectivity index (χ1n) is 6.68. The zero-order valence-corrected chi connectivity index (χ0v) is 11.9. The zero-order chi connectivity index (χ0) is 14.7. The maximum absolute atomic E-state index is 10.9. The number of aromatic nitrogens is 4. The minimum atomic E-state index is -1.05. The molecule has 2 aromatic rings. The molecule has 0 aliphatic heterocycles. The van der Waals surface area contributed by atoms with Gasteiger partial charge in [0.15, 0.2) is 11.5 Å². The molecule has 0 saturated carbocycles. The molecule has 0 fully saturated rings. The molecule has 0 spiro atoms. The Labute approximate surface area is 117 Å². The molecule has 0 bridgehead atoms. The van der Waals surface area contributed by atoms with Gasteiger partial charge in [0.25, 0.3) is 0 Å². The van der Waals surface area contributed by atoms with Crippen LogP contribution < -0.4 is 0 Å². The highest BCUT2D eigenvalue weighted by molar-refractivity contribution is 5.85. The van der Waals surface area contributed by atoms with E-state index in [1.807, 2.05) is 19.9 Å². The summed E-state index contributed by atoms with van der Waals surface area (Å²) in [5.74, 6) is 0.522. The molecule has 2 heterocycles. The number of carbonyl (C=O) groups is 1. The predicted octanol–water partition coefficient (Wildman–Crippen LogP) is 2.44. The minimum absolute atomic E-state index is 0.00625. The molecule has 0 aliphatic rings. The summed E-state index contributed by atoms with van der Waals surface area (Å²) in [4.78, 5) is 19.9. The van der Waals surface area contributed by atoms with Crippen molar-refractivity contribution in [1.82, 2.24) is 19.7 Å². The first-order chi connectivity index (χ1) is 9.51. The highest BCUT2D eigenvalue weighted by Gasteiger charge is 2.12. The van der Waals surface area contributed by atoms with Crippen molar-refractivity contribution in [2.45, 2.75) is 39.5 Å². The van der Waals surface area contributed by atoms with Crippen molar-refractivity contribution in [3.63, 3.8) is 0 Å². The number of carboxylic acid groups (broad SMARTS) is 1. The summed E-state index contributed by atoms with van der Waals surface area (Å²) in [6.07, 6.45) is 3.46. The van der Waals surface area contributed by atoms with Gasteiger partial charge in [-0.1, -0.05) is 27.2 Å². The molecule has 0 aliphatic carbocycles. The average molecular weight is 274 g/mol. The highest BCUT2D eigenvalue weighted by Crippen LogP contribution is 2.15. The van der Waals surface area contributed by atoms with Crippen molar-refractivity contribution in [2.75, 3.05) is 0 Å². The van der Waals surface area contributed by atoms with Gasteiger partial charge in [-0.2, -0.15) is 5.10 Å². The first kappa shape index (κ1) is 14.2. The molecule has 106 valence electrons. The number of rotatable bonds is 5. The Morgan fingerprint density at radius 3 is 2.70 bits per heavy atom. The number of aromatic carboxylic acids is 1. The van der Waals surface area contributed by atoms with E-state index in [9.17, 15) is 4.79 Å². The summed E-state index contributed by atoms with van der Waals surface area (Å²) in [7, 11) is 0. The second-order valence-electron chi connectivity index (χ2n) is 4.93. The topological polar surface area (TPSA) is 80.9 Å². The van der Waals surface area contributed by atoms with Crippen LogP contribution in [0.5, 0.6) is 0 Å². The molecular formula is C14H18N4O2. The predicted molar refractivity (Wildman–Crippen MR) is 74.2 cm³/mol. The van der Waals surface area contributed by atoms with E-state index in [2.05, 4.69) is 22.0 Å². The molecule has 0 radical (unpaired) electrons. The molecule has 0 atom stereocenters. The number of nitrogens with zero attached hydrogens (tertiary/aromatic N) is 4. The van der Waals surface area contributed by atoms with Crippen molar-refractivity contribution in [3.05, 3.63) is 35.5 Å². The fraction of sp³-hybridized carbons (Fsp3) is 0.429. The molecule has 20 heavy (non-hydrogen) atoms. The van der Waals surface area contributed by atoms with Crippen LogP contribution in [0.3, 0.4) is 0 Å². The van der Waals surface area contributed by atoms with E-state index in [0.29, 0.717) is 5.82 Å². The lowest BCUT2D eigenvalue weighted by atomic mass is 10.2. The van der Waals surface area contributed by atoms with Gasteiger partial charge in [0.1, 0.15) is 5.82 Å². The smallest absolute Gasteiger partial charge is 0.356 e. The lowest BCUT2D eigenvalue weighted by Gasteiger charge is -2.09. The van der Waals surface area contributed by atoms with E-state index in [-0.39, 0.29) is 11.6 Å². The summed E-state index contributed by atoms with van der Waals surface area (Å²) in [5.41, 5.74) is 0.959. The first-order valence-corrected chi connectivity index (χ1v) is 6.68. The monoisotopic (exact) mass is 274 g/mol. The van der Waals surface area contributed by atoms with Crippen LogP contribution in [0, 0.1) is 0 Å². The molecule has 1 N–H and O–H groups in total. The Hall–Kier alpha value is -2.24. The molecule has 2 rings (SSSR count). The molecule has 2 aromatic heterocycles. The van der Waals surface area contributed by atoms with Crippen LogP contribution in [0.2, 0.25) is 0 Å². The second kappa shape index (κ2) is 5.81. The Kier molecular flexibility index (Phi) is 4.12. The highest BCUT2D eigenvalue weighted by atomic mass is 16.4. The molecule has 0 saturated heterocycles. The summed E-state index contributed by atoms with van der Waals surface area (Å²) in [6.45, 7) is 6.15. The van der Waals surface area contributed by atoms with Crippen LogP contribution in [-0.2, 0) is 6.42 Å². The third-order valence-electron chi connectivity index (χ3n) is 2.85. The Morgan fingerprint density at radius 2 is 2.15 bits per heavy atom. The fourth-order valence-electron chi connectivity index (χ4n) is 1.83. The van der Waals surface area contributed by atoms with Crippen LogP contribution >= 0.6 is 0 Å². The Balaban J connectivity index is 2.45. The van der Waals surface area contributed by atoms with Gasteiger partial charge < -0.3 is 5.11 Å². The third kappa shape index (κ3) is 3.01. The Morgan fingerprint density at radius 1 is 1.40 bits per heavy atom. The minimum Gasteiger partial charge on any atom is -0.476 e. The van der Waals surface area contributed by atoms with E-state index in [1.54, 1.807) is 6.20 Å². The number of hydrogen-bond acceptors (Lipinski definition) is 4. The van der Waals surface area contributed by atoms with Crippen molar-refractivity contribution >= 4 is 5.97 Å². The summed E-state index contributed by atoms with van der Waals surface area (Å²) in [5, 5.41) is 12.9. The second-order valence-corrected chi connectivity index (χ2v) is 4.93. The molecule has 6 nitrogen and oxygen atoms in total. The van der Waals surface area contributed by atoms with Gasteiger partial charge in [-0.05, 0) is 12.5 Å². The van der Waals surface area contributed by atoms with Crippen molar-refractivity contribution in [3.8, 4) is 5.82 Å². The molecule has 0 amide bonds. The standard InChI is InChI=1S/C14H18N4O2/c1-4-5-10-8-12(16-13(15-10)9(2)3)18-7-6-11(17-18)14(19)20/h6-9H,4-5H2,1-3H3,(H,19,20). The van der Waals surface area contributed by atoms with Gasteiger partial charge in [-0.15, -0.1) is 0 Å². The maximum atomic E-state index is 10.9. The zero-order valence-electron chi connectivity index (χ0n) is 11.9. The van der Waals surface area contributed by atoms with Gasteiger partial charge >= 0.3 is 5.97 Å². The Bertz CT molecular complexity index is 619. The fourth-order valence-corrected chi connectivity index (χ4v) is 1.83. The van der Waals surface area contributed by atoms with E-state index >= 15 is 0 Å². The normalized spacial score (nSPS) is 11.0. The van der Waals surface area contributed by atoms with Gasteiger partial charge in [0.2, 0.25) is 0 Å². The van der Waals surface area contributed by atoms with E-state index in [4.69, 9.17) is 5.11 Å². The van der Waals surface area contributed by atoms with Gasteiger partial charge in [-0.3, -0.25) is 0 Å². The molecular weight excluding hydrogens is 256 g/mol. The molecule has 0 aromatic carbocycles.